The average molecular weight is 193 g/mol. The first-order chi connectivity index (χ1) is 6.70. The molecule has 1 aromatic rings. The molecule has 0 radical (unpaired) electrons. The predicted molar refractivity (Wildman–Crippen MR) is 44.1 cm³/mol. The van der Waals surface area contributed by atoms with Gasteiger partial charge in [-0.1, -0.05) is 0 Å². The van der Waals surface area contributed by atoms with Crippen LogP contribution in [0.1, 0.15) is 23.4 Å². The molecule has 1 aromatic heterocycles. The molecular formula is C9H7NO4. The third-order valence-electron chi connectivity index (χ3n) is 1.99. The second kappa shape index (κ2) is 3.10. The summed E-state index contributed by atoms with van der Waals surface area (Å²) >= 11 is 0. The van der Waals surface area contributed by atoms with E-state index >= 15 is 0 Å². The molecular weight excluding hydrogens is 186 g/mol. The van der Waals surface area contributed by atoms with E-state index in [0.717, 1.165) is 0 Å². The summed E-state index contributed by atoms with van der Waals surface area (Å²) in [5, 5.41) is 0. The third kappa shape index (κ3) is 1.22. The van der Waals surface area contributed by atoms with Crippen LogP contribution in [0.3, 0.4) is 0 Å². The van der Waals surface area contributed by atoms with E-state index in [1.165, 1.54) is 18.4 Å². The summed E-state index contributed by atoms with van der Waals surface area (Å²) in [5.74, 6) is -1.59. The molecule has 0 aliphatic carbocycles. The van der Waals surface area contributed by atoms with Crippen LogP contribution in [0.25, 0.3) is 0 Å². The van der Waals surface area contributed by atoms with Crippen molar-refractivity contribution in [2.24, 2.45) is 0 Å². The minimum atomic E-state index is -0.678. The van der Waals surface area contributed by atoms with E-state index in [1.54, 1.807) is 0 Å². The SMILES string of the molecule is O=C1CCC(=O)N1C(=O)c1ccco1. The van der Waals surface area contributed by atoms with Gasteiger partial charge in [-0.15, -0.1) is 0 Å². The molecule has 0 N–H and O–H groups in total. The highest BCUT2D eigenvalue weighted by molar-refractivity contribution is 6.18. The molecule has 1 saturated heterocycles. The van der Waals surface area contributed by atoms with Gasteiger partial charge >= 0.3 is 5.91 Å². The Morgan fingerprint density at radius 1 is 1.29 bits per heavy atom. The molecule has 2 rings (SSSR count). The van der Waals surface area contributed by atoms with Crippen molar-refractivity contribution in [3.63, 3.8) is 0 Å². The van der Waals surface area contributed by atoms with Gasteiger partial charge in [0.25, 0.3) is 0 Å². The summed E-state index contributed by atoms with van der Waals surface area (Å²) in [6, 6.07) is 2.94. The lowest BCUT2D eigenvalue weighted by atomic mass is 10.4. The molecule has 0 unspecified atom stereocenters. The van der Waals surface area contributed by atoms with Gasteiger partial charge in [0, 0.05) is 12.8 Å². The summed E-state index contributed by atoms with van der Waals surface area (Å²) in [6.07, 6.45) is 1.52. The van der Waals surface area contributed by atoms with Crippen LogP contribution in [-0.2, 0) is 9.59 Å². The zero-order chi connectivity index (χ0) is 10.1. The average Bonchev–Trinajstić information content (AvgIpc) is 2.75. The van der Waals surface area contributed by atoms with Crippen molar-refractivity contribution in [2.45, 2.75) is 12.8 Å². The predicted octanol–water partition coefficient (Wildman–Crippen LogP) is 0.569. The quantitative estimate of drug-likeness (QED) is 0.611. The second-order valence-electron chi connectivity index (χ2n) is 2.91. The number of rotatable bonds is 1. The van der Waals surface area contributed by atoms with Crippen molar-refractivity contribution in [1.82, 2.24) is 4.90 Å². The van der Waals surface area contributed by atoms with Crippen LogP contribution in [0.5, 0.6) is 0 Å². The molecule has 14 heavy (non-hydrogen) atoms. The molecule has 2 heterocycles. The fourth-order valence-electron chi connectivity index (χ4n) is 1.31. The van der Waals surface area contributed by atoms with E-state index < -0.39 is 17.7 Å². The zero-order valence-corrected chi connectivity index (χ0v) is 7.23. The van der Waals surface area contributed by atoms with Crippen molar-refractivity contribution in [3.05, 3.63) is 24.2 Å². The Morgan fingerprint density at radius 3 is 2.43 bits per heavy atom. The highest BCUT2D eigenvalue weighted by atomic mass is 16.3. The van der Waals surface area contributed by atoms with Crippen molar-refractivity contribution in [2.75, 3.05) is 0 Å². The first-order valence-electron chi connectivity index (χ1n) is 4.14. The maximum atomic E-state index is 11.5. The van der Waals surface area contributed by atoms with Gasteiger partial charge in [0.05, 0.1) is 6.26 Å². The Kier molecular flexibility index (Phi) is 1.92. The minimum absolute atomic E-state index is 0.00796. The van der Waals surface area contributed by atoms with Crippen molar-refractivity contribution in [3.8, 4) is 0 Å². The fourth-order valence-corrected chi connectivity index (χ4v) is 1.31. The van der Waals surface area contributed by atoms with Gasteiger partial charge < -0.3 is 4.42 Å². The lowest BCUT2D eigenvalue weighted by Crippen LogP contribution is -2.35. The van der Waals surface area contributed by atoms with Gasteiger partial charge in [0.2, 0.25) is 11.8 Å². The zero-order valence-electron chi connectivity index (χ0n) is 7.23. The Morgan fingerprint density at radius 2 is 1.93 bits per heavy atom. The number of carbonyl (C=O) groups excluding carboxylic acids is 3. The topological polar surface area (TPSA) is 67.6 Å². The molecule has 1 aliphatic heterocycles. The van der Waals surface area contributed by atoms with Crippen LogP contribution in [0.4, 0.5) is 0 Å². The van der Waals surface area contributed by atoms with Gasteiger partial charge in [0.15, 0.2) is 5.76 Å². The number of nitrogens with zero attached hydrogens (tertiary/aromatic N) is 1. The van der Waals surface area contributed by atoms with E-state index in [-0.39, 0.29) is 18.6 Å². The first kappa shape index (κ1) is 8.68. The van der Waals surface area contributed by atoms with Gasteiger partial charge in [-0.25, -0.2) is 4.90 Å². The number of hydrogen-bond acceptors (Lipinski definition) is 4. The standard InChI is InChI=1S/C9H7NO4/c11-7-3-4-8(12)10(7)9(13)6-2-1-5-14-6/h1-2,5H,3-4H2. The number of hydrogen-bond donors (Lipinski definition) is 0. The monoisotopic (exact) mass is 193 g/mol. The van der Waals surface area contributed by atoms with Crippen molar-refractivity contribution >= 4 is 17.7 Å². The van der Waals surface area contributed by atoms with Gasteiger partial charge in [0.1, 0.15) is 0 Å². The van der Waals surface area contributed by atoms with Gasteiger partial charge in [-0.3, -0.25) is 14.4 Å². The number of likely N-dealkylation sites (tertiary alicyclic amines) is 1. The first-order valence-corrected chi connectivity index (χ1v) is 4.14. The molecule has 1 aliphatic rings. The molecule has 0 atom stereocenters. The smallest absolute Gasteiger partial charge is 0.302 e. The summed E-state index contributed by atoms with van der Waals surface area (Å²) in [4.78, 5) is 34.5. The van der Waals surface area contributed by atoms with Crippen LogP contribution in [0.15, 0.2) is 22.8 Å². The highest BCUT2D eigenvalue weighted by Crippen LogP contribution is 2.15. The van der Waals surface area contributed by atoms with E-state index in [0.29, 0.717) is 4.90 Å². The van der Waals surface area contributed by atoms with Crippen LogP contribution in [0, 0.1) is 0 Å². The molecule has 5 nitrogen and oxygen atoms in total. The molecule has 1 fully saturated rings. The maximum Gasteiger partial charge on any atom is 0.302 e. The molecule has 0 aromatic carbocycles. The van der Waals surface area contributed by atoms with E-state index in [2.05, 4.69) is 0 Å². The number of furan rings is 1. The summed E-state index contributed by atoms with van der Waals surface area (Å²) < 4.78 is 4.81. The Labute approximate surface area is 79.3 Å². The summed E-state index contributed by atoms with van der Waals surface area (Å²) in [6.45, 7) is 0. The largest absolute Gasteiger partial charge is 0.459 e. The third-order valence-corrected chi connectivity index (χ3v) is 1.99. The van der Waals surface area contributed by atoms with Crippen molar-refractivity contribution in [1.29, 1.82) is 0 Å². The molecule has 0 spiro atoms. The second-order valence-corrected chi connectivity index (χ2v) is 2.91. The summed E-state index contributed by atoms with van der Waals surface area (Å²) in [5.41, 5.74) is 0. The van der Waals surface area contributed by atoms with E-state index in [4.69, 9.17) is 4.42 Å². The van der Waals surface area contributed by atoms with Crippen LogP contribution < -0.4 is 0 Å². The fraction of sp³-hybridized carbons (Fsp3) is 0.222. The number of amides is 3. The lowest BCUT2D eigenvalue weighted by molar-refractivity contribution is -0.135. The minimum Gasteiger partial charge on any atom is -0.459 e. The maximum absolute atomic E-state index is 11.5. The number of carbonyl (C=O) groups is 3. The molecule has 0 bridgehead atoms. The molecule has 3 amide bonds. The molecule has 72 valence electrons. The Hall–Kier alpha value is -1.91. The summed E-state index contributed by atoms with van der Waals surface area (Å²) in [7, 11) is 0. The number of imide groups is 3. The van der Waals surface area contributed by atoms with Crippen LogP contribution >= 0.6 is 0 Å². The molecule has 0 saturated carbocycles. The molecule has 5 heteroatoms. The highest BCUT2D eigenvalue weighted by Gasteiger charge is 2.35. The van der Waals surface area contributed by atoms with Crippen molar-refractivity contribution < 1.29 is 18.8 Å². The van der Waals surface area contributed by atoms with Gasteiger partial charge in [-0.2, -0.15) is 0 Å². The van der Waals surface area contributed by atoms with Crippen LogP contribution in [-0.4, -0.2) is 22.6 Å². The Balaban J connectivity index is 2.27. The van der Waals surface area contributed by atoms with E-state index in [1.807, 2.05) is 0 Å². The lowest BCUT2D eigenvalue weighted by Gasteiger charge is -2.08. The van der Waals surface area contributed by atoms with E-state index in [9.17, 15) is 14.4 Å². The van der Waals surface area contributed by atoms with Crippen LogP contribution in [0.2, 0.25) is 0 Å². The Bertz CT molecular complexity index is 377. The normalized spacial score (nSPS) is 16.4. The van der Waals surface area contributed by atoms with Gasteiger partial charge in [-0.05, 0) is 12.1 Å².